The van der Waals surface area contributed by atoms with E-state index < -0.39 is 97.5 Å². The number of rotatable bonds is 81. The first-order chi connectivity index (χ1) is 48.9. The molecule has 0 aromatic rings. The van der Waals surface area contributed by atoms with Crippen LogP contribution in [0.25, 0.3) is 0 Å². The number of phosphoric ester groups is 2. The van der Waals surface area contributed by atoms with Gasteiger partial charge in [0.05, 0.1) is 26.4 Å². The lowest BCUT2D eigenvalue weighted by molar-refractivity contribution is -0.161. The summed E-state index contributed by atoms with van der Waals surface area (Å²) >= 11 is 0. The van der Waals surface area contributed by atoms with E-state index in [2.05, 4.69) is 41.5 Å². The molecule has 0 aliphatic heterocycles. The third-order valence-corrected chi connectivity index (χ3v) is 21.5. The Balaban J connectivity index is 5.22. The minimum absolute atomic E-state index is 0.108. The van der Waals surface area contributed by atoms with Gasteiger partial charge in [-0.2, -0.15) is 0 Å². The molecule has 0 saturated heterocycles. The molecule has 3 N–H and O–H groups in total. The van der Waals surface area contributed by atoms with Crippen molar-refractivity contribution in [1.29, 1.82) is 0 Å². The summed E-state index contributed by atoms with van der Waals surface area (Å²) in [5.74, 6) is -0.453. The topological polar surface area (TPSA) is 237 Å². The second-order valence-electron chi connectivity index (χ2n) is 30.2. The van der Waals surface area contributed by atoms with Gasteiger partial charge in [-0.3, -0.25) is 37.3 Å². The van der Waals surface area contributed by atoms with Gasteiger partial charge in [0.15, 0.2) is 12.2 Å². The lowest BCUT2D eigenvalue weighted by Crippen LogP contribution is -2.30. The maximum atomic E-state index is 13.1. The van der Waals surface area contributed by atoms with Crippen molar-refractivity contribution in [2.24, 2.45) is 11.8 Å². The van der Waals surface area contributed by atoms with Gasteiger partial charge in [-0.15, -0.1) is 0 Å². The van der Waals surface area contributed by atoms with Crippen LogP contribution in [0.1, 0.15) is 433 Å². The van der Waals surface area contributed by atoms with Crippen molar-refractivity contribution in [2.45, 2.75) is 452 Å². The summed E-state index contributed by atoms with van der Waals surface area (Å²) in [6.07, 6.45) is 63.7. The predicted molar refractivity (Wildman–Crippen MR) is 414 cm³/mol. The highest BCUT2D eigenvalue weighted by Gasteiger charge is 2.30. The zero-order valence-corrected chi connectivity index (χ0v) is 68.0. The number of aliphatic hydroxyl groups is 1. The van der Waals surface area contributed by atoms with Crippen LogP contribution in [0, 0.1) is 11.8 Å². The van der Waals surface area contributed by atoms with Crippen molar-refractivity contribution in [2.75, 3.05) is 39.6 Å². The number of carbonyl (C=O) groups is 4. The van der Waals surface area contributed by atoms with Crippen LogP contribution in [0.3, 0.4) is 0 Å². The van der Waals surface area contributed by atoms with Gasteiger partial charge in [0.2, 0.25) is 0 Å². The lowest BCUT2D eigenvalue weighted by atomic mass is 9.99. The van der Waals surface area contributed by atoms with Crippen LogP contribution < -0.4 is 0 Å². The predicted octanol–water partition coefficient (Wildman–Crippen LogP) is 24.7. The van der Waals surface area contributed by atoms with E-state index in [0.29, 0.717) is 25.7 Å². The van der Waals surface area contributed by atoms with Crippen LogP contribution in [-0.2, 0) is 65.4 Å². The molecule has 0 amide bonds. The minimum Gasteiger partial charge on any atom is -0.462 e. The standard InChI is InChI=1S/C82H160O17P2/c1-7-10-12-14-16-18-20-27-36-42-48-54-60-66-81(86)98-77(70-92-79(84)64-58-52-46-40-32-19-17-15-13-11-8-2)72-96-100(88,89)94-68-76(83)69-95-101(90,91)97-73-78(71-93-80(85)65-59-53-47-41-35-31-30-33-38-44-50-56-62-74(4)5)99-82(87)67-61-55-49-43-37-29-26-24-22-21-23-25-28-34-39-45-51-57-63-75(6)9-3/h74-78,83H,7-73H2,1-6H3,(H,88,89)(H,90,91)/t75?,76-,77+,78+/m0/s1. The molecule has 0 spiro atoms. The van der Waals surface area contributed by atoms with Crippen molar-refractivity contribution in [1.82, 2.24) is 0 Å². The van der Waals surface area contributed by atoms with E-state index in [4.69, 9.17) is 37.0 Å². The Bertz CT molecular complexity index is 1940. The smallest absolute Gasteiger partial charge is 0.462 e. The molecule has 0 heterocycles. The Kier molecular flexibility index (Phi) is 72.2. The molecule has 0 fully saturated rings. The number of ether oxygens (including phenoxy) is 4. The molecule has 0 aliphatic carbocycles. The Hall–Kier alpha value is -1.94. The number of hydrogen-bond donors (Lipinski definition) is 3. The van der Waals surface area contributed by atoms with Gasteiger partial charge < -0.3 is 33.8 Å². The zero-order valence-electron chi connectivity index (χ0n) is 66.2. The molecule has 17 nitrogen and oxygen atoms in total. The van der Waals surface area contributed by atoms with Crippen LogP contribution in [0.4, 0.5) is 0 Å². The number of unbranched alkanes of at least 4 members (excludes halogenated alkanes) is 50. The molecule has 0 radical (unpaired) electrons. The molecule has 6 atom stereocenters. The zero-order chi connectivity index (χ0) is 74.2. The van der Waals surface area contributed by atoms with E-state index in [9.17, 15) is 43.2 Å². The van der Waals surface area contributed by atoms with E-state index in [0.717, 1.165) is 102 Å². The maximum Gasteiger partial charge on any atom is 0.472 e. The fourth-order valence-electron chi connectivity index (χ4n) is 12.7. The second-order valence-corrected chi connectivity index (χ2v) is 33.1. The van der Waals surface area contributed by atoms with Crippen molar-refractivity contribution in [3.63, 3.8) is 0 Å². The van der Waals surface area contributed by atoms with Crippen LogP contribution in [-0.4, -0.2) is 96.7 Å². The molecule has 0 aliphatic rings. The van der Waals surface area contributed by atoms with Crippen LogP contribution in [0.5, 0.6) is 0 Å². The highest BCUT2D eigenvalue weighted by atomic mass is 31.2. The highest BCUT2D eigenvalue weighted by Crippen LogP contribution is 2.45. The molecule has 0 bridgehead atoms. The summed E-state index contributed by atoms with van der Waals surface area (Å²) in [6, 6.07) is 0. The van der Waals surface area contributed by atoms with Gasteiger partial charge >= 0.3 is 39.5 Å². The summed E-state index contributed by atoms with van der Waals surface area (Å²) in [5.41, 5.74) is 0. The summed E-state index contributed by atoms with van der Waals surface area (Å²) in [7, 11) is -9.92. The van der Waals surface area contributed by atoms with E-state index in [1.807, 2.05) is 0 Å². The molecule has 101 heavy (non-hydrogen) atoms. The van der Waals surface area contributed by atoms with Gasteiger partial charge in [0, 0.05) is 25.7 Å². The number of carbonyl (C=O) groups excluding carboxylic acids is 4. The Morgan fingerprint density at radius 2 is 0.505 bits per heavy atom. The molecule has 3 unspecified atom stereocenters. The quantitative estimate of drug-likeness (QED) is 0.0222. The molecule has 0 aromatic heterocycles. The fraction of sp³-hybridized carbons (Fsp3) is 0.951. The molecular formula is C82H160O17P2. The van der Waals surface area contributed by atoms with Gasteiger partial charge in [-0.25, -0.2) is 9.13 Å². The Morgan fingerprint density at radius 3 is 0.752 bits per heavy atom. The van der Waals surface area contributed by atoms with E-state index in [1.165, 1.54) is 250 Å². The largest absolute Gasteiger partial charge is 0.472 e. The Morgan fingerprint density at radius 1 is 0.287 bits per heavy atom. The van der Waals surface area contributed by atoms with E-state index in [1.54, 1.807) is 0 Å². The van der Waals surface area contributed by atoms with Crippen molar-refractivity contribution < 1.29 is 80.2 Å². The van der Waals surface area contributed by atoms with Crippen LogP contribution in [0.15, 0.2) is 0 Å². The summed E-state index contributed by atoms with van der Waals surface area (Å²) in [4.78, 5) is 73.0. The first-order valence-corrected chi connectivity index (χ1v) is 45.5. The van der Waals surface area contributed by atoms with Gasteiger partial charge in [-0.1, -0.05) is 382 Å². The van der Waals surface area contributed by atoms with Crippen molar-refractivity contribution in [3.8, 4) is 0 Å². The molecular weight excluding hydrogens is 1320 g/mol. The average molecular weight is 1480 g/mol. The molecule has 0 saturated carbocycles. The van der Waals surface area contributed by atoms with Crippen LogP contribution >= 0.6 is 15.6 Å². The third kappa shape index (κ3) is 74.7. The summed E-state index contributed by atoms with van der Waals surface area (Å²) in [5, 5.41) is 10.6. The van der Waals surface area contributed by atoms with Crippen molar-refractivity contribution >= 4 is 39.5 Å². The summed E-state index contributed by atoms with van der Waals surface area (Å²) < 4.78 is 68.7. The van der Waals surface area contributed by atoms with E-state index >= 15 is 0 Å². The number of esters is 4. The first kappa shape index (κ1) is 99.1. The van der Waals surface area contributed by atoms with Gasteiger partial charge in [0.1, 0.15) is 19.3 Å². The number of phosphoric acid groups is 2. The average Bonchev–Trinajstić information content (AvgIpc) is 0.960. The van der Waals surface area contributed by atoms with Gasteiger partial charge in [-0.05, 0) is 37.5 Å². The molecule has 0 rings (SSSR count). The third-order valence-electron chi connectivity index (χ3n) is 19.6. The highest BCUT2D eigenvalue weighted by molar-refractivity contribution is 7.47. The summed E-state index contributed by atoms with van der Waals surface area (Å²) in [6.45, 7) is 9.72. The van der Waals surface area contributed by atoms with Crippen LogP contribution in [0.2, 0.25) is 0 Å². The Labute approximate surface area is 619 Å². The lowest BCUT2D eigenvalue weighted by Gasteiger charge is -2.21. The second kappa shape index (κ2) is 73.6. The van der Waals surface area contributed by atoms with Gasteiger partial charge in [0.25, 0.3) is 0 Å². The molecule has 600 valence electrons. The SMILES string of the molecule is CCCCCCCCCCCCCCCC(=O)O[C@H](COC(=O)CCCCCCCCCCCCC)COP(=O)(O)OC[C@H](O)COP(=O)(O)OC[C@@H](COC(=O)CCCCCCCCCCCCCCC(C)C)OC(=O)CCCCCCCCCCCCCCCCCCCCC(C)CC. The number of aliphatic hydroxyl groups excluding tert-OH is 1. The van der Waals surface area contributed by atoms with Crippen molar-refractivity contribution in [3.05, 3.63) is 0 Å². The number of hydrogen-bond acceptors (Lipinski definition) is 15. The normalized spacial score (nSPS) is 14.2. The molecule has 0 aromatic carbocycles. The van der Waals surface area contributed by atoms with E-state index in [-0.39, 0.29) is 25.7 Å². The monoisotopic (exact) mass is 1480 g/mol. The fourth-order valence-corrected chi connectivity index (χ4v) is 14.3. The first-order valence-electron chi connectivity index (χ1n) is 42.5. The maximum absolute atomic E-state index is 13.1. The molecule has 19 heteroatoms. The minimum atomic E-state index is -4.96.